The van der Waals surface area contributed by atoms with E-state index < -0.39 is 0 Å². The summed E-state index contributed by atoms with van der Waals surface area (Å²) in [6.45, 7) is 3.25. The molecule has 30 heavy (non-hydrogen) atoms. The summed E-state index contributed by atoms with van der Waals surface area (Å²) in [5.74, 6) is 0.633. The van der Waals surface area contributed by atoms with Gasteiger partial charge in [-0.3, -0.25) is 14.6 Å². The average molecular weight is 410 g/mol. The third kappa shape index (κ3) is 7.58. The van der Waals surface area contributed by atoms with E-state index in [1.165, 1.54) is 0 Å². The number of aliphatic imine (C=N–C) groups is 1. The van der Waals surface area contributed by atoms with E-state index in [1.807, 2.05) is 49.4 Å². The van der Waals surface area contributed by atoms with Crippen molar-refractivity contribution in [2.75, 3.05) is 26.0 Å². The molecule has 0 atom stereocenters. The van der Waals surface area contributed by atoms with E-state index in [1.54, 1.807) is 20.2 Å². The Labute approximate surface area is 178 Å². The molecule has 0 saturated carbocycles. The molecule has 0 aliphatic heterocycles. The van der Waals surface area contributed by atoms with Crippen LogP contribution >= 0.6 is 0 Å². The van der Waals surface area contributed by atoms with Crippen LogP contribution in [0.1, 0.15) is 41.3 Å². The first kappa shape index (κ1) is 22.9. The van der Waals surface area contributed by atoms with Crippen LogP contribution in [0.25, 0.3) is 0 Å². The molecule has 0 aromatic heterocycles. The summed E-state index contributed by atoms with van der Waals surface area (Å²) in [5.41, 5.74) is 3.58. The predicted octanol–water partition coefficient (Wildman–Crippen LogP) is 2.69. The molecule has 2 aromatic carbocycles. The van der Waals surface area contributed by atoms with Crippen molar-refractivity contribution in [1.29, 1.82) is 0 Å². The molecule has 0 aliphatic carbocycles. The zero-order valence-corrected chi connectivity index (χ0v) is 17.9. The molecule has 0 saturated heterocycles. The molecule has 2 amide bonds. The molecule has 4 N–H and O–H groups in total. The van der Waals surface area contributed by atoms with Crippen molar-refractivity contribution in [2.45, 2.75) is 32.7 Å². The Bertz CT molecular complexity index is 879. The van der Waals surface area contributed by atoms with Gasteiger partial charge >= 0.3 is 0 Å². The fourth-order valence-electron chi connectivity index (χ4n) is 2.95. The van der Waals surface area contributed by atoms with Gasteiger partial charge in [0.05, 0.1) is 0 Å². The second-order valence-electron chi connectivity index (χ2n) is 6.88. The third-order valence-electron chi connectivity index (χ3n) is 4.49. The second-order valence-corrected chi connectivity index (χ2v) is 6.88. The minimum Gasteiger partial charge on any atom is -0.356 e. The quantitative estimate of drug-likeness (QED) is 0.378. The summed E-state index contributed by atoms with van der Waals surface area (Å²) in [5, 5.41) is 12.1. The smallest absolute Gasteiger partial charge is 0.251 e. The van der Waals surface area contributed by atoms with Gasteiger partial charge in [0.25, 0.3) is 5.91 Å². The summed E-state index contributed by atoms with van der Waals surface area (Å²) in [4.78, 5) is 27.8. The van der Waals surface area contributed by atoms with Crippen LogP contribution in [-0.4, -0.2) is 38.4 Å². The molecule has 7 nitrogen and oxygen atoms in total. The van der Waals surface area contributed by atoms with Crippen molar-refractivity contribution in [3.05, 3.63) is 65.2 Å². The summed E-state index contributed by atoms with van der Waals surface area (Å²) < 4.78 is 0. The van der Waals surface area contributed by atoms with Crippen LogP contribution in [0, 0.1) is 0 Å². The van der Waals surface area contributed by atoms with E-state index in [-0.39, 0.29) is 11.8 Å². The molecule has 0 bridgehead atoms. The van der Waals surface area contributed by atoms with Gasteiger partial charge in [0, 0.05) is 44.9 Å². The molecule has 2 rings (SSSR count). The van der Waals surface area contributed by atoms with Crippen molar-refractivity contribution in [2.24, 2.45) is 4.99 Å². The lowest BCUT2D eigenvalue weighted by atomic mass is 10.1. The molecule has 0 spiro atoms. The van der Waals surface area contributed by atoms with Gasteiger partial charge in [-0.25, -0.2) is 0 Å². The lowest BCUT2D eigenvalue weighted by Crippen LogP contribution is -2.37. The molecule has 0 fully saturated rings. The van der Waals surface area contributed by atoms with Crippen molar-refractivity contribution >= 4 is 23.5 Å². The monoisotopic (exact) mass is 409 g/mol. The number of nitrogens with zero attached hydrogens (tertiary/aromatic N) is 1. The fourth-order valence-corrected chi connectivity index (χ4v) is 2.95. The van der Waals surface area contributed by atoms with E-state index in [0.29, 0.717) is 31.0 Å². The average Bonchev–Trinajstić information content (AvgIpc) is 2.76. The van der Waals surface area contributed by atoms with E-state index in [4.69, 9.17) is 0 Å². The lowest BCUT2D eigenvalue weighted by Gasteiger charge is -2.13. The second kappa shape index (κ2) is 12.3. The molecule has 0 heterocycles. The Hall–Kier alpha value is -3.35. The van der Waals surface area contributed by atoms with Gasteiger partial charge in [-0.1, -0.05) is 31.2 Å². The van der Waals surface area contributed by atoms with Crippen LogP contribution < -0.4 is 21.3 Å². The minimum absolute atomic E-state index is 0.0283. The van der Waals surface area contributed by atoms with Gasteiger partial charge in [0.2, 0.25) is 5.91 Å². The number of rotatable bonds is 9. The molecule has 0 aliphatic rings. The Morgan fingerprint density at radius 1 is 1.00 bits per heavy atom. The molecule has 7 heteroatoms. The zero-order chi connectivity index (χ0) is 21.8. The van der Waals surface area contributed by atoms with Crippen LogP contribution in [0.5, 0.6) is 0 Å². The summed E-state index contributed by atoms with van der Waals surface area (Å²) in [6, 6.07) is 15.4. The van der Waals surface area contributed by atoms with Crippen LogP contribution in [0.3, 0.4) is 0 Å². The van der Waals surface area contributed by atoms with Gasteiger partial charge in [0.15, 0.2) is 5.96 Å². The molecule has 0 unspecified atom stereocenters. The highest BCUT2D eigenvalue weighted by Gasteiger charge is 2.05. The Morgan fingerprint density at radius 3 is 2.50 bits per heavy atom. The predicted molar refractivity (Wildman–Crippen MR) is 122 cm³/mol. The SMILES string of the molecule is CCCC(=O)Nc1cccc(CNC(=NC)NCCc2cccc(C(=O)NC)c2)c1. The third-order valence-corrected chi connectivity index (χ3v) is 4.49. The van der Waals surface area contributed by atoms with E-state index in [9.17, 15) is 9.59 Å². The first-order chi connectivity index (χ1) is 14.5. The summed E-state index contributed by atoms with van der Waals surface area (Å²) in [7, 11) is 3.35. The molecule has 0 radical (unpaired) electrons. The number of nitrogens with one attached hydrogen (secondary N) is 4. The van der Waals surface area contributed by atoms with Crippen LogP contribution in [0.15, 0.2) is 53.5 Å². The lowest BCUT2D eigenvalue weighted by molar-refractivity contribution is -0.116. The molecule has 160 valence electrons. The number of carbonyl (C=O) groups is 2. The molecular formula is C23H31N5O2. The minimum atomic E-state index is -0.0876. The number of hydrogen-bond acceptors (Lipinski definition) is 3. The highest BCUT2D eigenvalue weighted by molar-refractivity contribution is 5.94. The fraction of sp³-hybridized carbons (Fsp3) is 0.348. The van der Waals surface area contributed by atoms with Crippen LogP contribution in [-0.2, 0) is 17.8 Å². The normalized spacial score (nSPS) is 11.0. The maximum Gasteiger partial charge on any atom is 0.251 e. The van der Waals surface area contributed by atoms with Crippen molar-refractivity contribution in [3.8, 4) is 0 Å². The van der Waals surface area contributed by atoms with Crippen molar-refractivity contribution in [3.63, 3.8) is 0 Å². The van der Waals surface area contributed by atoms with Crippen LogP contribution in [0.2, 0.25) is 0 Å². The molecule has 2 aromatic rings. The first-order valence-electron chi connectivity index (χ1n) is 10.2. The Kier molecular flexibility index (Phi) is 9.37. The number of benzene rings is 2. The molecular weight excluding hydrogens is 378 g/mol. The van der Waals surface area contributed by atoms with Gasteiger partial charge < -0.3 is 21.3 Å². The number of anilines is 1. The van der Waals surface area contributed by atoms with E-state index in [0.717, 1.165) is 29.7 Å². The number of amides is 2. The largest absolute Gasteiger partial charge is 0.356 e. The summed E-state index contributed by atoms with van der Waals surface area (Å²) >= 11 is 0. The maximum atomic E-state index is 11.8. The maximum absolute atomic E-state index is 11.8. The summed E-state index contributed by atoms with van der Waals surface area (Å²) in [6.07, 6.45) is 2.11. The van der Waals surface area contributed by atoms with E-state index >= 15 is 0 Å². The van der Waals surface area contributed by atoms with Crippen LogP contribution in [0.4, 0.5) is 5.69 Å². The van der Waals surface area contributed by atoms with Crippen molar-refractivity contribution in [1.82, 2.24) is 16.0 Å². The zero-order valence-electron chi connectivity index (χ0n) is 17.9. The van der Waals surface area contributed by atoms with Crippen molar-refractivity contribution < 1.29 is 9.59 Å². The Balaban J connectivity index is 1.83. The number of guanidine groups is 1. The topological polar surface area (TPSA) is 94.6 Å². The van der Waals surface area contributed by atoms with Gasteiger partial charge in [-0.15, -0.1) is 0 Å². The first-order valence-corrected chi connectivity index (χ1v) is 10.2. The van der Waals surface area contributed by atoms with E-state index in [2.05, 4.69) is 26.3 Å². The highest BCUT2D eigenvalue weighted by Crippen LogP contribution is 2.11. The van der Waals surface area contributed by atoms with Gasteiger partial charge in [-0.2, -0.15) is 0 Å². The number of carbonyl (C=O) groups excluding carboxylic acids is 2. The van der Waals surface area contributed by atoms with Gasteiger partial charge in [-0.05, 0) is 48.2 Å². The highest BCUT2D eigenvalue weighted by atomic mass is 16.2. The van der Waals surface area contributed by atoms with Gasteiger partial charge in [0.1, 0.15) is 0 Å². The number of hydrogen-bond donors (Lipinski definition) is 4. The Morgan fingerprint density at radius 2 is 1.77 bits per heavy atom. The standard InChI is InChI=1S/C23H31N5O2/c1-4-7-21(29)28-20-11-6-9-18(15-20)16-27-23(25-3)26-13-12-17-8-5-10-19(14-17)22(30)24-2/h5-6,8-11,14-15H,4,7,12-13,16H2,1-3H3,(H,24,30)(H,28,29)(H2,25,26,27).